The van der Waals surface area contributed by atoms with Gasteiger partial charge in [0.2, 0.25) is 11.8 Å². The second kappa shape index (κ2) is 11.5. The van der Waals surface area contributed by atoms with Gasteiger partial charge in [-0.2, -0.15) is 4.98 Å². The maximum absolute atomic E-state index is 13.3. The zero-order chi connectivity index (χ0) is 29.2. The molecule has 0 spiro atoms. The molecule has 1 aliphatic heterocycles. The van der Waals surface area contributed by atoms with Crippen molar-refractivity contribution in [3.8, 4) is 17.1 Å². The quantitative estimate of drug-likeness (QED) is 0.476. The zero-order valence-electron chi connectivity index (χ0n) is 24.4. The van der Waals surface area contributed by atoms with Crippen molar-refractivity contribution in [1.82, 2.24) is 19.8 Å². The van der Waals surface area contributed by atoms with Crippen LogP contribution in [0, 0.1) is 19.3 Å². The molecular formula is C30H39N5O4S. The van der Waals surface area contributed by atoms with Crippen molar-refractivity contribution in [2.24, 2.45) is 5.41 Å². The van der Waals surface area contributed by atoms with Crippen LogP contribution in [-0.2, 0) is 10.0 Å². The first-order valence-corrected chi connectivity index (χ1v) is 14.9. The monoisotopic (exact) mass is 565 g/mol. The third-order valence-corrected chi connectivity index (χ3v) is 8.25. The number of nitrogens with zero attached hydrogens (tertiary/aromatic N) is 4. The van der Waals surface area contributed by atoms with Crippen molar-refractivity contribution >= 4 is 21.9 Å². The number of carbonyl (C=O) groups is 1. The number of aryl methyl sites for hydroxylation is 2. The molecule has 0 saturated heterocycles. The molecule has 4 rings (SSSR count). The minimum atomic E-state index is -4.08. The van der Waals surface area contributed by atoms with E-state index < -0.39 is 16.1 Å². The Labute approximate surface area is 237 Å². The van der Waals surface area contributed by atoms with Gasteiger partial charge in [0.05, 0.1) is 17.1 Å². The van der Waals surface area contributed by atoms with Gasteiger partial charge < -0.3 is 14.5 Å². The number of hydrogen-bond acceptors (Lipinski definition) is 7. The number of hydrogen-bond donors (Lipinski definition) is 1. The minimum absolute atomic E-state index is 0.0481. The number of aromatic nitrogens is 2. The number of anilines is 1. The lowest BCUT2D eigenvalue weighted by Crippen LogP contribution is -2.43. The van der Waals surface area contributed by atoms with Gasteiger partial charge in [-0.25, -0.2) is 18.1 Å². The molecule has 2 heterocycles. The van der Waals surface area contributed by atoms with Crippen LogP contribution in [0.1, 0.15) is 48.7 Å². The van der Waals surface area contributed by atoms with E-state index in [1.165, 1.54) is 12.1 Å². The Morgan fingerprint density at radius 2 is 1.75 bits per heavy atom. The molecule has 2 aromatic carbocycles. The number of benzene rings is 2. The third kappa shape index (κ3) is 7.17. The summed E-state index contributed by atoms with van der Waals surface area (Å²) in [4.78, 5) is 26.1. The fourth-order valence-electron chi connectivity index (χ4n) is 4.73. The summed E-state index contributed by atoms with van der Waals surface area (Å²) in [7, 11) is -0.356. The Morgan fingerprint density at radius 3 is 2.42 bits per heavy atom. The Bertz CT molecular complexity index is 1480. The number of ether oxygens (including phenoxy) is 1. The molecule has 9 nitrogen and oxygen atoms in total. The Morgan fingerprint density at radius 1 is 1.07 bits per heavy atom. The Hall–Kier alpha value is -3.50. The number of carbonyl (C=O) groups excluding carboxylic acids is 1. The highest BCUT2D eigenvalue weighted by Gasteiger charge is 2.26. The first kappa shape index (κ1) is 29.5. The molecule has 1 amide bonds. The molecule has 1 atom stereocenters. The molecule has 0 saturated carbocycles. The van der Waals surface area contributed by atoms with E-state index in [1.807, 2.05) is 39.1 Å². The number of amides is 1. The molecule has 0 aliphatic carbocycles. The van der Waals surface area contributed by atoms with E-state index in [0.29, 0.717) is 12.2 Å². The second-order valence-corrected chi connectivity index (χ2v) is 13.5. The average molecular weight is 566 g/mol. The van der Waals surface area contributed by atoms with E-state index in [9.17, 15) is 13.2 Å². The lowest BCUT2D eigenvalue weighted by Gasteiger charge is -2.30. The average Bonchev–Trinajstić information content (AvgIpc) is 2.86. The van der Waals surface area contributed by atoms with Crippen LogP contribution in [0.25, 0.3) is 11.3 Å². The first-order chi connectivity index (χ1) is 18.7. The van der Waals surface area contributed by atoms with Crippen molar-refractivity contribution in [2.75, 3.05) is 38.5 Å². The van der Waals surface area contributed by atoms with Crippen LogP contribution in [0.2, 0.25) is 0 Å². The third-order valence-electron chi connectivity index (χ3n) is 6.93. The summed E-state index contributed by atoms with van der Waals surface area (Å²) in [6.07, 6.45) is 0.557. The Balaban J connectivity index is 1.81. The van der Waals surface area contributed by atoms with E-state index in [0.717, 1.165) is 29.7 Å². The molecule has 0 fully saturated rings. The SMILES string of the molecule is Cc1cccc(C)c1-c1cc2nc(n1)NS(=O)(=O)c1cccc(c1)C(=O)N(C)CC(CN(C)CCC(C)(C)C)O2. The summed E-state index contributed by atoms with van der Waals surface area (Å²) in [6.45, 7) is 12.2. The predicted octanol–water partition coefficient (Wildman–Crippen LogP) is 4.76. The predicted molar refractivity (Wildman–Crippen MR) is 157 cm³/mol. The van der Waals surface area contributed by atoms with E-state index >= 15 is 0 Å². The van der Waals surface area contributed by atoms with Crippen LogP contribution in [0.5, 0.6) is 5.88 Å². The fourth-order valence-corrected chi connectivity index (χ4v) is 5.72. The van der Waals surface area contributed by atoms with Crippen LogP contribution >= 0.6 is 0 Å². The number of sulfonamides is 1. The highest BCUT2D eigenvalue weighted by Crippen LogP contribution is 2.30. The molecule has 1 aliphatic rings. The zero-order valence-corrected chi connectivity index (χ0v) is 25.2. The van der Waals surface area contributed by atoms with Crippen molar-refractivity contribution < 1.29 is 17.9 Å². The molecule has 1 aromatic heterocycles. The van der Waals surface area contributed by atoms with Crippen molar-refractivity contribution in [1.29, 1.82) is 0 Å². The largest absolute Gasteiger partial charge is 0.471 e. The number of fused-ring (bicyclic) bond motifs is 4. The van der Waals surface area contributed by atoms with E-state index in [-0.39, 0.29) is 40.2 Å². The van der Waals surface area contributed by atoms with E-state index in [2.05, 4.69) is 40.4 Å². The number of rotatable bonds is 5. The van der Waals surface area contributed by atoms with Crippen molar-refractivity contribution in [3.05, 3.63) is 65.2 Å². The van der Waals surface area contributed by atoms with Gasteiger partial charge in [0.25, 0.3) is 15.9 Å². The number of nitrogens with one attached hydrogen (secondary N) is 1. The van der Waals surface area contributed by atoms with Crippen LogP contribution in [0.4, 0.5) is 5.95 Å². The molecule has 3 aromatic rings. The molecule has 4 bridgehead atoms. The molecule has 1 N–H and O–H groups in total. The van der Waals surface area contributed by atoms with Gasteiger partial charge in [-0.05, 0) is 68.6 Å². The van der Waals surface area contributed by atoms with Crippen LogP contribution < -0.4 is 9.46 Å². The molecule has 40 heavy (non-hydrogen) atoms. The topological polar surface area (TPSA) is 105 Å². The summed E-state index contributed by atoms with van der Waals surface area (Å²) < 4.78 is 35.6. The summed E-state index contributed by atoms with van der Waals surface area (Å²) in [5.41, 5.74) is 3.87. The number of likely N-dealkylation sites (N-methyl/N-ethyl adjacent to an activating group) is 2. The van der Waals surface area contributed by atoms with Crippen LogP contribution in [-0.4, -0.2) is 73.9 Å². The van der Waals surface area contributed by atoms with Crippen LogP contribution in [0.15, 0.2) is 53.4 Å². The van der Waals surface area contributed by atoms with E-state index in [4.69, 9.17) is 4.74 Å². The Kier molecular flexibility index (Phi) is 8.51. The molecule has 1 unspecified atom stereocenters. The molecular weight excluding hydrogens is 526 g/mol. The van der Waals surface area contributed by atoms with Gasteiger partial charge in [-0.1, -0.05) is 45.0 Å². The highest BCUT2D eigenvalue weighted by atomic mass is 32.2. The smallest absolute Gasteiger partial charge is 0.264 e. The van der Waals surface area contributed by atoms with Gasteiger partial charge in [-0.15, -0.1) is 0 Å². The maximum Gasteiger partial charge on any atom is 0.264 e. The van der Waals surface area contributed by atoms with Gasteiger partial charge in [0.15, 0.2) is 0 Å². The van der Waals surface area contributed by atoms with Gasteiger partial charge in [0.1, 0.15) is 6.10 Å². The summed E-state index contributed by atoms with van der Waals surface area (Å²) in [5.74, 6) is -0.165. The van der Waals surface area contributed by atoms with Crippen molar-refractivity contribution in [2.45, 2.75) is 52.0 Å². The van der Waals surface area contributed by atoms with Gasteiger partial charge in [0, 0.05) is 30.8 Å². The van der Waals surface area contributed by atoms with E-state index in [1.54, 1.807) is 30.1 Å². The highest BCUT2D eigenvalue weighted by molar-refractivity contribution is 7.92. The fraction of sp³-hybridized carbons (Fsp3) is 0.433. The van der Waals surface area contributed by atoms with Gasteiger partial charge >= 0.3 is 0 Å². The summed E-state index contributed by atoms with van der Waals surface area (Å²) >= 11 is 0. The molecule has 0 radical (unpaired) electrons. The normalized spacial score (nSPS) is 17.4. The lowest BCUT2D eigenvalue weighted by molar-refractivity contribution is 0.0652. The second-order valence-electron chi connectivity index (χ2n) is 11.8. The molecule has 10 heteroatoms. The molecule has 214 valence electrons. The van der Waals surface area contributed by atoms with Crippen LogP contribution in [0.3, 0.4) is 0 Å². The summed E-state index contributed by atoms with van der Waals surface area (Å²) in [5, 5.41) is 0. The minimum Gasteiger partial charge on any atom is -0.471 e. The maximum atomic E-state index is 13.3. The lowest BCUT2D eigenvalue weighted by atomic mass is 9.92. The summed E-state index contributed by atoms with van der Waals surface area (Å²) in [6, 6.07) is 13.7. The first-order valence-electron chi connectivity index (χ1n) is 13.4. The van der Waals surface area contributed by atoms with Crippen molar-refractivity contribution in [3.63, 3.8) is 0 Å². The standard InChI is InChI=1S/C30H39N5O4S/c1-20-10-8-11-21(2)27(20)25-17-26-32-29(31-25)33-40(37,38)24-13-9-12-22(16-24)28(36)35(7)19-23(39-26)18-34(6)15-14-30(3,4)5/h8-13,16-17,23H,14-15,18-19H2,1-7H3,(H,31,32,33). The van der Waals surface area contributed by atoms with Gasteiger partial charge in [-0.3, -0.25) is 4.79 Å².